The van der Waals surface area contributed by atoms with Gasteiger partial charge in [-0.15, -0.1) is 11.3 Å². The van der Waals surface area contributed by atoms with Gasteiger partial charge in [0, 0.05) is 13.1 Å². The summed E-state index contributed by atoms with van der Waals surface area (Å²) in [6.07, 6.45) is 0.912. The Bertz CT molecular complexity index is 551. The lowest BCUT2D eigenvalue weighted by Crippen LogP contribution is -2.36. The third-order valence-electron chi connectivity index (χ3n) is 2.97. The predicted molar refractivity (Wildman–Crippen MR) is 76.3 cm³/mol. The number of hydrogen-bond acceptors (Lipinski definition) is 5. The maximum absolute atomic E-state index is 9.33. The largest absolute Gasteiger partial charge is 0.382 e. The van der Waals surface area contributed by atoms with E-state index in [1.165, 1.54) is 11.3 Å². The fourth-order valence-corrected chi connectivity index (χ4v) is 3.21. The first-order chi connectivity index (χ1) is 9.19. The molecule has 1 saturated heterocycles. The van der Waals surface area contributed by atoms with Crippen LogP contribution in [-0.4, -0.2) is 38.5 Å². The summed E-state index contributed by atoms with van der Waals surface area (Å²) in [4.78, 5) is 6.69. The molecule has 0 aliphatic carbocycles. The average Bonchev–Trinajstić information content (AvgIpc) is 2.77. The van der Waals surface area contributed by atoms with Gasteiger partial charge in [0.15, 0.2) is 0 Å². The van der Waals surface area contributed by atoms with E-state index in [-0.39, 0.29) is 5.84 Å². The number of aliphatic imine (C=N–C) groups is 1. The summed E-state index contributed by atoms with van der Waals surface area (Å²) in [5.74, 6) is 0.286. The van der Waals surface area contributed by atoms with E-state index >= 15 is 0 Å². The van der Waals surface area contributed by atoms with Crippen molar-refractivity contribution in [1.82, 2.24) is 0 Å². The summed E-state index contributed by atoms with van der Waals surface area (Å²) in [5.41, 5.74) is 7.30. The van der Waals surface area contributed by atoms with Crippen molar-refractivity contribution in [3.8, 4) is 6.07 Å². The predicted octanol–water partition coefficient (Wildman–Crippen LogP) is 1.08. The highest BCUT2D eigenvalue weighted by molar-refractivity contribution is 7.18. The Hall–Kier alpha value is -1.91. The number of ether oxygens (including phenoxy) is 1. The van der Waals surface area contributed by atoms with Crippen LogP contribution < -0.4 is 10.6 Å². The van der Waals surface area contributed by atoms with Crippen molar-refractivity contribution in [3.63, 3.8) is 0 Å². The van der Waals surface area contributed by atoms with Crippen LogP contribution in [0.2, 0.25) is 0 Å². The first-order valence-electron chi connectivity index (χ1n) is 5.87. The van der Waals surface area contributed by atoms with E-state index in [2.05, 4.69) is 16.0 Å². The maximum atomic E-state index is 9.33. The monoisotopic (exact) mass is 277 g/mol. The van der Waals surface area contributed by atoms with Gasteiger partial charge in [0.2, 0.25) is 0 Å². The third kappa shape index (κ3) is 2.59. The van der Waals surface area contributed by atoms with Crippen LogP contribution in [0.25, 0.3) is 0 Å². The molecule has 3 N–H and O–H groups in total. The van der Waals surface area contributed by atoms with E-state index in [0.29, 0.717) is 18.8 Å². The van der Waals surface area contributed by atoms with Gasteiger partial charge in [-0.2, -0.15) is 5.26 Å². The molecule has 0 unspecified atom stereocenters. The van der Waals surface area contributed by atoms with Crippen LogP contribution in [0.3, 0.4) is 0 Å². The van der Waals surface area contributed by atoms with Crippen LogP contribution in [0.4, 0.5) is 5.00 Å². The molecule has 2 heterocycles. The van der Waals surface area contributed by atoms with Gasteiger partial charge in [-0.3, -0.25) is 5.41 Å². The molecular weight excluding hydrogens is 262 g/mol. The molecule has 0 amide bonds. The fourth-order valence-electron chi connectivity index (χ4n) is 1.99. The molecule has 6 nitrogen and oxygen atoms in total. The van der Waals surface area contributed by atoms with Crippen molar-refractivity contribution in [2.45, 2.75) is 6.92 Å². The van der Waals surface area contributed by atoms with Gasteiger partial charge in [-0.1, -0.05) is 0 Å². The minimum Gasteiger partial charge on any atom is -0.382 e. The Labute approximate surface area is 115 Å². The van der Waals surface area contributed by atoms with Crippen LogP contribution in [0.5, 0.6) is 0 Å². The summed E-state index contributed by atoms with van der Waals surface area (Å²) in [6.45, 7) is 4.74. The average molecular weight is 277 g/mol. The van der Waals surface area contributed by atoms with Gasteiger partial charge in [-0.05, 0) is 12.5 Å². The van der Waals surface area contributed by atoms with Crippen molar-refractivity contribution in [3.05, 3.63) is 16.0 Å². The summed E-state index contributed by atoms with van der Waals surface area (Å²) in [7, 11) is 0. The van der Waals surface area contributed by atoms with E-state index < -0.39 is 0 Å². The number of anilines is 1. The molecule has 0 bridgehead atoms. The quantitative estimate of drug-likeness (QED) is 0.638. The highest BCUT2D eigenvalue weighted by Gasteiger charge is 2.22. The van der Waals surface area contributed by atoms with Crippen molar-refractivity contribution < 1.29 is 4.74 Å². The molecule has 0 radical (unpaired) electrons. The molecule has 1 aromatic heterocycles. The third-order valence-corrected chi connectivity index (χ3v) is 4.35. The van der Waals surface area contributed by atoms with Gasteiger partial charge in [0.25, 0.3) is 0 Å². The van der Waals surface area contributed by atoms with Crippen molar-refractivity contribution in [1.29, 1.82) is 10.7 Å². The van der Waals surface area contributed by atoms with E-state index in [9.17, 15) is 5.26 Å². The van der Waals surface area contributed by atoms with Gasteiger partial charge in [0.05, 0.1) is 23.7 Å². The standard InChI is InChI=1S/C12H15N5OS/c1-8-9(6-13)12(17-2-4-18-5-3-17)19-10(8)11(15)16-7-14/h7H,2-5H2,1H3,(H3,14,15,16). The van der Waals surface area contributed by atoms with Gasteiger partial charge >= 0.3 is 0 Å². The van der Waals surface area contributed by atoms with Crippen LogP contribution in [-0.2, 0) is 4.74 Å². The first kappa shape index (κ1) is 13.5. The van der Waals surface area contributed by atoms with Crippen molar-refractivity contribution >= 4 is 28.5 Å². The lowest BCUT2D eigenvalue weighted by molar-refractivity contribution is 0.123. The number of hydrogen-bond donors (Lipinski definition) is 2. The Morgan fingerprint density at radius 2 is 2.26 bits per heavy atom. The number of nitrogens with two attached hydrogens (primary N) is 1. The second-order valence-corrected chi connectivity index (χ2v) is 5.09. The molecule has 1 aliphatic heterocycles. The van der Waals surface area contributed by atoms with Crippen molar-refractivity contribution in [2.75, 3.05) is 31.2 Å². The molecule has 1 fully saturated rings. The van der Waals surface area contributed by atoms with Gasteiger partial charge in [-0.25, -0.2) is 4.99 Å². The Balaban J connectivity index is 2.44. The highest BCUT2D eigenvalue weighted by Crippen LogP contribution is 2.35. The summed E-state index contributed by atoms with van der Waals surface area (Å²) in [5, 5.41) is 17.2. The molecular formula is C12H15N5OS. The molecule has 0 atom stereocenters. The minimum atomic E-state index is 0.286. The van der Waals surface area contributed by atoms with E-state index in [4.69, 9.17) is 15.9 Å². The summed E-state index contributed by atoms with van der Waals surface area (Å²) < 4.78 is 5.32. The molecule has 19 heavy (non-hydrogen) atoms. The molecule has 0 aromatic carbocycles. The fraction of sp³-hybridized carbons (Fsp3) is 0.417. The number of rotatable bonds is 3. The zero-order chi connectivity index (χ0) is 13.8. The molecule has 100 valence electrons. The van der Waals surface area contributed by atoms with Crippen LogP contribution >= 0.6 is 11.3 Å². The summed E-state index contributed by atoms with van der Waals surface area (Å²) in [6, 6.07) is 2.24. The molecule has 1 aliphatic rings. The Morgan fingerprint density at radius 1 is 1.58 bits per heavy atom. The number of nitrogens with zero attached hydrogens (tertiary/aromatic N) is 3. The van der Waals surface area contributed by atoms with Gasteiger partial charge in [0.1, 0.15) is 23.2 Å². The second kappa shape index (κ2) is 5.82. The normalized spacial score (nSPS) is 16.2. The minimum absolute atomic E-state index is 0.286. The molecule has 0 spiro atoms. The van der Waals surface area contributed by atoms with E-state index in [0.717, 1.165) is 34.9 Å². The summed E-state index contributed by atoms with van der Waals surface area (Å²) >= 11 is 1.45. The number of morpholine rings is 1. The zero-order valence-corrected chi connectivity index (χ0v) is 11.5. The van der Waals surface area contributed by atoms with Crippen molar-refractivity contribution in [2.24, 2.45) is 10.7 Å². The SMILES string of the molecule is Cc1c(C(N)=NC=N)sc(N2CCOCC2)c1C#N. The Kier molecular flexibility index (Phi) is 4.14. The lowest BCUT2D eigenvalue weighted by atomic mass is 10.1. The Morgan fingerprint density at radius 3 is 2.84 bits per heavy atom. The second-order valence-electron chi connectivity index (χ2n) is 4.09. The smallest absolute Gasteiger partial charge is 0.142 e. The number of thiophene rings is 1. The van der Waals surface area contributed by atoms with Gasteiger partial charge < -0.3 is 15.4 Å². The lowest BCUT2D eigenvalue weighted by Gasteiger charge is -2.27. The van der Waals surface area contributed by atoms with Crippen LogP contribution in [0.1, 0.15) is 16.0 Å². The van der Waals surface area contributed by atoms with Crippen LogP contribution in [0, 0.1) is 23.7 Å². The van der Waals surface area contributed by atoms with E-state index in [1.807, 2.05) is 6.92 Å². The number of nitrogens with one attached hydrogen (secondary N) is 1. The molecule has 1 aromatic rings. The first-order valence-corrected chi connectivity index (χ1v) is 6.69. The number of nitriles is 1. The zero-order valence-electron chi connectivity index (χ0n) is 10.6. The highest BCUT2D eigenvalue weighted by atomic mass is 32.1. The van der Waals surface area contributed by atoms with E-state index in [1.54, 1.807) is 0 Å². The van der Waals surface area contributed by atoms with Crippen LogP contribution in [0.15, 0.2) is 4.99 Å². The topological polar surface area (TPSA) is 98.5 Å². The molecule has 2 rings (SSSR count). The number of amidine groups is 1. The molecule has 7 heteroatoms. The molecule has 0 saturated carbocycles. The maximum Gasteiger partial charge on any atom is 0.142 e.